The molecule has 0 bridgehead atoms. The normalized spacial score (nSPS) is 20.7. The van der Waals surface area contributed by atoms with Crippen LogP contribution in [0.2, 0.25) is 0 Å². The van der Waals surface area contributed by atoms with E-state index in [1.54, 1.807) is 0 Å². The van der Waals surface area contributed by atoms with Crippen molar-refractivity contribution in [2.75, 3.05) is 26.2 Å². The van der Waals surface area contributed by atoms with E-state index in [2.05, 4.69) is 21.8 Å². The first kappa shape index (κ1) is 21.7. The molecule has 1 aromatic rings. The summed E-state index contributed by atoms with van der Waals surface area (Å²) in [6, 6.07) is 8.07. The highest BCUT2D eigenvalue weighted by Crippen LogP contribution is 2.39. The Bertz CT molecular complexity index is 703. The fourth-order valence-electron chi connectivity index (χ4n) is 4.33. The van der Waals surface area contributed by atoms with E-state index in [-0.39, 0.29) is 5.54 Å². The molecule has 2 heterocycles. The molecular weight excluding hydrogens is 385 g/mol. The summed E-state index contributed by atoms with van der Waals surface area (Å²) in [5, 5.41) is 0. The monoisotopic (exact) mass is 414 g/mol. The Hall–Kier alpha value is -1.96. The molecule has 1 atom stereocenters. The second-order valence-electron chi connectivity index (χ2n) is 7.88. The van der Waals surface area contributed by atoms with E-state index in [0.29, 0.717) is 19.7 Å². The van der Waals surface area contributed by atoms with Gasteiger partial charge >= 0.3 is 12.3 Å². The minimum atomic E-state index is -4.54. The Morgan fingerprint density at radius 2 is 1.93 bits per heavy atom. The highest BCUT2D eigenvalue weighted by atomic mass is 19.4. The maximum atomic E-state index is 12.6. The van der Waals surface area contributed by atoms with Gasteiger partial charge in [-0.3, -0.25) is 4.90 Å². The van der Waals surface area contributed by atoms with Crippen LogP contribution < -0.4 is 4.74 Å². The lowest BCUT2D eigenvalue weighted by Gasteiger charge is -2.45. The zero-order chi connectivity index (χ0) is 21.1. The number of hydrogen-bond donors (Lipinski definition) is 0. The number of alkyl halides is 3. The predicted octanol–water partition coefficient (Wildman–Crippen LogP) is 4.60. The van der Waals surface area contributed by atoms with E-state index in [9.17, 15) is 18.0 Å². The van der Waals surface area contributed by atoms with Gasteiger partial charge in [-0.05, 0) is 63.8 Å². The Labute approximate surface area is 169 Å². The number of benzene rings is 1. The van der Waals surface area contributed by atoms with Crippen LogP contribution >= 0.6 is 0 Å². The third kappa shape index (κ3) is 5.15. The van der Waals surface area contributed by atoms with E-state index in [1.165, 1.54) is 10.5 Å². The number of likely N-dealkylation sites (tertiary alicyclic amines) is 2. The summed E-state index contributed by atoms with van der Waals surface area (Å²) in [5.41, 5.74) is 1.17. The first-order valence-electron chi connectivity index (χ1n) is 10.2. The standard InChI is InChI=1S/C21H29F3N2O3/c1-3-28-18-7-4-6-17(14-18)15-26-11-5-8-20(26)9-12-25(13-10-20)19(27)29-16(2)21(22,23)24/h4,6-7,14,16H,3,5,8-13,15H2,1-2H3. The van der Waals surface area contributed by atoms with Gasteiger partial charge in [0, 0.05) is 25.2 Å². The second kappa shape index (κ2) is 8.81. The average molecular weight is 414 g/mol. The van der Waals surface area contributed by atoms with Gasteiger partial charge in [0.25, 0.3) is 0 Å². The molecule has 8 heteroatoms. The molecule has 1 unspecified atom stereocenters. The summed E-state index contributed by atoms with van der Waals surface area (Å²) in [7, 11) is 0. The summed E-state index contributed by atoms with van der Waals surface area (Å²) in [6.45, 7) is 6.05. The number of amides is 1. The molecule has 29 heavy (non-hydrogen) atoms. The largest absolute Gasteiger partial charge is 0.494 e. The van der Waals surface area contributed by atoms with Gasteiger partial charge in [-0.15, -0.1) is 0 Å². The molecule has 2 aliphatic heterocycles. The van der Waals surface area contributed by atoms with E-state index < -0.39 is 18.4 Å². The maximum Gasteiger partial charge on any atom is 0.425 e. The summed E-state index contributed by atoms with van der Waals surface area (Å²) < 4.78 is 48.1. The predicted molar refractivity (Wildman–Crippen MR) is 103 cm³/mol. The van der Waals surface area contributed by atoms with Crippen molar-refractivity contribution >= 4 is 6.09 Å². The molecular formula is C21H29F3N2O3. The van der Waals surface area contributed by atoms with E-state index >= 15 is 0 Å². The lowest BCUT2D eigenvalue weighted by molar-refractivity contribution is -0.200. The molecule has 0 radical (unpaired) electrons. The van der Waals surface area contributed by atoms with Crippen LogP contribution in [0.3, 0.4) is 0 Å². The minimum absolute atomic E-state index is 0.00591. The molecule has 0 N–H and O–H groups in total. The van der Waals surface area contributed by atoms with Crippen molar-refractivity contribution < 1.29 is 27.4 Å². The van der Waals surface area contributed by atoms with Crippen LogP contribution in [0, 0.1) is 0 Å². The van der Waals surface area contributed by atoms with Crippen molar-refractivity contribution in [1.29, 1.82) is 0 Å². The van der Waals surface area contributed by atoms with Crippen LogP contribution in [0.1, 0.15) is 45.1 Å². The summed E-state index contributed by atoms with van der Waals surface area (Å²) in [4.78, 5) is 16.0. The van der Waals surface area contributed by atoms with Crippen LogP contribution in [-0.2, 0) is 11.3 Å². The summed E-state index contributed by atoms with van der Waals surface area (Å²) >= 11 is 0. The zero-order valence-electron chi connectivity index (χ0n) is 17.0. The van der Waals surface area contributed by atoms with Gasteiger partial charge in [0.2, 0.25) is 0 Å². The molecule has 1 aromatic carbocycles. The Morgan fingerprint density at radius 3 is 2.59 bits per heavy atom. The van der Waals surface area contributed by atoms with Gasteiger partial charge in [0.1, 0.15) is 5.75 Å². The first-order chi connectivity index (χ1) is 13.7. The molecule has 5 nitrogen and oxygen atoms in total. The van der Waals surface area contributed by atoms with E-state index in [1.807, 2.05) is 19.1 Å². The van der Waals surface area contributed by atoms with Crippen LogP contribution in [0.15, 0.2) is 24.3 Å². The molecule has 2 fully saturated rings. The van der Waals surface area contributed by atoms with Gasteiger partial charge in [0.05, 0.1) is 6.61 Å². The van der Waals surface area contributed by atoms with Crippen molar-refractivity contribution in [3.8, 4) is 5.75 Å². The summed E-state index contributed by atoms with van der Waals surface area (Å²) in [6.07, 6.45) is -3.89. The zero-order valence-corrected chi connectivity index (χ0v) is 17.0. The third-order valence-electron chi connectivity index (χ3n) is 6.01. The number of nitrogens with zero attached hydrogens (tertiary/aromatic N) is 2. The molecule has 1 spiro atoms. The van der Waals surface area contributed by atoms with Crippen molar-refractivity contribution in [1.82, 2.24) is 9.80 Å². The number of piperidine rings is 1. The highest BCUT2D eigenvalue weighted by molar-refractivity contribution is 5.68. The SMILES string of the molecule is CCOc1cccc(CN2CCCC23CCN(C(=O)OC(C)C(F)(F)F)CC3)c1. The van der Waals surface area contributed by atoms with E-state index in [0.717, 1.165) is 51.4 Å². The molecule has 0 aromatic heterocycles. The van der Waals surface area contributed by atoms with Gasteiger partial charge in [0.15, 0.2) is 6.10 Å². The Balaban J connectivity index is 1.59. The van der Waals surface area contributed by atoms with Crippen molar-refractivity contribution in [2.24, 2.45) is 0 Å². The average Bonchev–Trinajstić information content (AvgIpc) is 3.04. The molecule has 0 saturated carbocycles. The van der Waals surface area contributed by atoms with E-state index in [4.69, 9.17) is 4.74 Å². The lowest BCUT2D eigenvalue weighted by Crippen LogP contribution is -2.53. The van der Waals surface area contributed by atoms with Gasteiger partial charge in [-0.2, -0.15) is 13.2 Å². The van der Waals surface area contributed by atoms with Crippen molar-refractivity contribution in [2.45, 2.75) is 63.9 Å². The molecule has 1 amide bonds. The maximum absolute atomic E-state index is 12.6. The van der Waals surface area contributed by atoms with Gasteiger partial charge in [-0.25, -0.2) is 4.79 Å². The molecule has 3 rings (SSSR count). The van der Waals surface area contributed by atoms with Crippen molar-refractivity contribution in [3.05, 3.63) is 29.8 Å². The fraction of sp³-hybridized carbons (Fsp3) is 0.667. The van der Waals surface area contributed by atoms with Crippen LogP contribution in [0.5, 0.6) is 5.75 Å². The highest BCUT2D eigenvalue weighted by Gasteiger charge is 2.45. The number of ether oxygens (including phenoxy) is 2. The number of carbonyl (C=O) groups excluding carboxylic acids is 1. The Morgan fingerprint density at radius 1 is 1.21 bits per heavy atom. The smallest absolute Gasteiger partial charge is 0.425 e. The van der Waals surface area contributed by atoms with Crippen molar-refractivity contribution in [3.63, 3.8) is 0 Å². The second-order valence-corrected chi connectivity index (χ2v) is 7.88. The third-order valence-corrected chi connectivity index (χ3v) is 6.01. The molecule has 0 aliphatic carbocycles. The van der Waals surface area contributed by atoms with Gasteiger partial charge < -0.3 is 14.4 Å². The number of halogens is 3. The van der Waals surface area contributed by atoms with Crippen LogP contribution in [0.25, 0.3) is 0 Å². The van der Waals surface area contributed by atoms with Crippen LogP contribution in [0.4, 0.5) is 18.0 Å². The minimum Gasteiger partial charge on any atom is -0.494 e. The number of carbonyl (C=O) groups is 1. The fourth-order valence-corrected chi connectivity index (χ4v) is 4.33. The molecule has 2 aliphatic rings. The van der Waals surface area contributed by atoms with Gasteiger partial charge in [-0.1, -0.05) is 12.1 Å². The molecule has 2 saturated heterocycles. The number of hydrogen-bond acceptors (Lipinski definition) is 4. The van der Waals surface area contributed by atoms with Crippen LogP contribution in [-0.4, -0.2) is 60.0 Å². The summed E-state index contributed by atoms with van der Waals surface area (Å²) in [5.74, 6) is 0.856. The number of rotatable bonds is 5. The Kier molecular flexibility index (Phi) is 6.61. The first-order valence-corrected chi connectivity index (χ1v) is 10.2. The topological polar surface area (TPSA) is 42.0 Å². The lowest BCUT2D eigenvalue weighted by atomic mass is 9.85. The quantitative estimate of drug-likeness (QED) is 0.706. The molecule has 162 valence electrons.